The molecule has 1 aliphatic heterocycles. The van der Waals surface area contributed by atoms with Gasteiger partial charge in [-0.15, -0.1) is 0 Å². The number of carbonyl (C=O) groups excluding carboxylic acids is 1. The number of hydrogen-bond acceptors (Lipinski definition) is 3. The number of ether oxygens (including phenoxy) is 1. The largest absolute Gasteiger partial charge is 0.435 e. The normalized spacial score (nSPS) is 16.9. The monoisotopic (exact) mass is 206 g/mol. The van der Waals surface area contributed by atoms with Gasteiger partial charge in [-0.2, -0.15) is 18.3 Å². The molecule has 2 heterocycles. The Bertz CT molecular complexity index is 383. The first-order valence-electron chi connectivity index (χ1n) is 3.75. The summed E-state index contributed by atoms with van der Waals surface area (Å²) in [6.45, 7) is -0.361. The van der Waals surface area contributed by atoms with E-state index in [1.165, 1.54) is 0 Å². The molecule has 0 radical (unpaired) electrons. The van der Waals surface area contributed by atoms with Crippen LogP contribution in [-0.4, -0.2) is 22.6 Å². The Labute approximate surface area is 76.1 Å². The predicted octanol–water partition coefficient (Wildman–Crippen LogP) is 1.14. The molecule has 0 unspecified atom stereocenters. The van der Waals surface area contributed by atoms with Gasteiger partial charge in [-0.25, -0.2) is 0 Å². The number of nitrogens with zero attached hydrogens (tertiary/aromatic N) is 1. The summed E-state index contributed by atoms with van der Waals surface area (Å²) >= 11 is 0. The molecule has 14 heavy (non-hydrogen) atoms. The van der Waals surface area contributed by atoms with E-state index in [1.54, 1.807) is 0 Å². The minimum atomic E-state index is -4.60. The number of rotatable bonds is 0. The van der Waals surface area contributed by atoms with E-state index in [-0.39, 0.29) is 24.5 Å². The molecular formula is C7H5F3N2O2. The van der Waals surface area contributed by atoms with Crippen molar-refractivity contribution in [2.24, 2.45) is 0 Å². The molecule has 0 atom stereocenters. The van der Waals surface area contributed by atoms with Crippen LogP contribution in [0.25, 0.3) is 0 Å². The number of Topliss-reactive ketones (excluding diaryl/α,β-unsaturated/α-hetero) is 1. The van der Waals surface area contributed by atoms with Gasteiger partial charge in [-0.3, -0.25) is 9.89 Å². The molecule has 76 valence electrons. The molecule has 1 aliphatic rings. The third-order valence-corrected chi connectivity index (χ3v) is 1.87. The molecule has 0 spiro atoms. The summed E-state index contributed by atoms with van der Waals surface area (Å²) in [5, 5.41) is 5.22. The van der Waals surface area contributed by atoms with Crippen LogP contribution in [-0.2, 0) is 17.5 Å². The molecule has 0 saturated heterocycles. The van der Waals surface area contributed by atoms with E-state index >= 15 is 0 Å². The molecule has 1 aromatic heterocycles. The lowest BCUT2D eigenvalue weighted by molar-refractivity contribution is -0.141. The lowest BCUT2D eigenvalue weighted by Gasteiger charge is -2.12. The van der Waals surface area contributed by atoms with Gasteiger partial charge >= 0.3 is 6.18 Å². The average Bonchev–Trinajstić information content (AvgIpc) is 2.47. The highest BCUT2D eigenvalue weighted by molar-refractivity contribution is 6.00. The maximum absolute atomic E-state index is 12.3. The molecule has 0 aromatic carbocycles. The molecule has 0 saturated carbocycles. The Morgan fingerprint density at radius 1 is 1.36 bits per heavy atom. The van der Waals surface area contributed by atoms with Crippen LogP contribution in [0, 0.1) is 0 Å². The standard InChI is InChI=1S/C7H5F3N2O2/c8-7(9,10)6-5-3(11-12-6)1-14-2-4(5)13/h1-2H2,(H,11,12). The Kier molecular flexibility index (Phi) is 1.84. The van der Waals surface area contributed by atoms with Crippen LogP contribution >= 0.6 is 0 Å². The van der Waals surface area contributed by atoms with Crippen molar-refractivity contribution in [2.45, 2.75) is 12.8 Å². The number of aromatic nitrogens is 2. The van der Waals surface area contributed by atoms with Gasteiger partial charge in [-0.1, -0.05) is 0 Å². The highest BCUT2D eigenvalue weighted by Crippen LogP contribution is 2.33. The van der Waals surface area contributed by atoms with Crippen molar-refractivity contribution in [3.05, 3.63) is 17.0 Å². The van der Waals surface area contributed by atoms with Crippen molar-refractivity contribution in [3.63, 3.8) is 0 Å². The van der Waals surface area contributed by atoms with Crippen LogP contribution in [0.4, 0.5) is 13.2 Å². The first-order valence-corrected chi connectivity index (χ1v) is 3.75. The van der Waals surface area contributed by atoms with Crippen molar-refractivity contribution >= 4 is 5.78 Å². The number of aromatic amines is 1. The second kappa shape index (κ2) is 2.81. The van der Waals surface area contributed by atoms with Crippen molar-refractivity contribution < 1.29 is 22.7 Å². The quantitative estimate of drug-likeness (QED) is 0.692. The van der Waals surface area contributed by atoms with Gasteiger partial charge in [0.15, 0.2) is 11.5 Å². The first kappa shape index (κ1) is 9.20. The second-order valence-corrected chi connectivity index (χ2v) is 2.84. The third kappa shape index (κ3) is 1.29. The zero-order chi connectivity index (χ0) is 10.3. The number of alkyl halides is 3. The van der Waals surface area contributed by atoms with Crippen molar-refractivity contribution in [3.8, 4) is 0 Å². The van der Waals surface area contributed by atoms with Gasteiger partial charge in [0.25, 0.3) is 0 Å². The number of ketones is 1. The van der Waals surface area contributed by atoms with Gasteiger partial charge in [0, 0.05) is 0 Å². The summed E-state index contributed by atoms with van der Waals surface area (Å²) in [6.07, 6.45) is -4.60. The number of H-pyrrole nitrogens is 1. The van der Waals surface area contributed by atoms with E-state index in [9.17, 15) is 18.0 Å². The maximum atomic E-state index is 12.3. The molecule has 0 fully saturated rings. The zero-order valence-electron chi connectivity index (χ0n) is 6.81. The highest BCUT2D eigenvalue weighted by atomic mass is 19.4. The average molecular weight is 206 g/mol. The van der Waals surface area contributed by atoms with Crippen LogP contribution < -0.4 is 0 Å². The molecule has 2 rings (SSSR count). The number of hydrogen-bond donors (Lipinski definition) is 1. The highest BCUT2D eigenvalue weighted by Gasteiger charge is 2.41. The number of carbonyl (C=O) groups is 1. The molecule has 0 bridgehead atoms. The fourth-order valence-electron chi connectivity index (χ4n) is 1.31. The minimum absolute atomic E-state index is 0.0375. The minimum Gasteiger partial charge on any atom is -0.367 e. The van der Waals surface area contributed by atoms with E-state index < -0.39 is 17.7 Å². The van der Waals surface area contributed by atoms with Gasteiger partial charge in [0.1, 0.15) is 6.61 Å². The summed E-state index contributed by atoms with van der Waals surface area (Å²) in [5.41, 5.74) is -1.45. The summed E-state index contributed by atoms with van der Waals surface area (Å²) in [5.74, 6) is -0.688. The number of halogens is 3. The Hall–Kier alpha value is -1.37. The van der Waals surface area contributed by atoms with E-state index in [0.29, 0.717) is 0 Å². The fraction of sp³-hybridized carbons (Fsp3) is 0.429. The van der Waals surface area contributed by atoms with E-state index in [0.717, 1.165) is 0 Å². The van der Waals surface area contributed by atoms with Crippen molar-refractivity contribution in [1.82, 2.24) is 10.2 Å². The SMILES string of the molecule is O=C1COCc2[nH]nc(C(F)(F)F)c21. The van der Waals surface area contributed by atoms with Gasteiger partial charge in [0.05, 0.1) is 17.9 Å². The van der Waals surface area contributed by atoms with Gasteiger partial charge in [0.2, 0.25) is 0 Å². The fourth-order valence-corrected chi connectivity index (χ4v) is 1.31. The van der Waals surface area contributed by atoms with E-state index in [2.05, 4.69) is 10.2 Å². The lowest BCUT2D eigenvalue weighted by Crippen LogP contribution is -2.21. The first-order chi connectivity index (χ1) is 6.50. The molecule has 1 N–H and O–H groups in total. The van der Waals surface area contributed by atoms with Gasteiger partial charge in [-0.05, 0) is 0 Å². The van der Waals surface area contributed by atoms with Gasteiger partial charge < -0.3 is 4.74 Å². The molecule has 4 nitrogen and oxygen atoms in total. The Morgan fingerprint density at radius 3 is 2.71 bits per heavy atom. The number of fused-ring (bicyclic) bond motifs is 1. The predicted molar refractivity (Wildman–Crippen MR) is 37.6 cm³/mol. The van der Waals surface area contributed by atoms with Crippen molar-refractivity contribution in [2.75, 3.05) is 6.61 Å². The topological polar surface area (TPSA) is 55.0 Å². The molecule has 1 aromatic rings. The zero-order valence-corrected chi connectivity index (χ0v) is 6.81. The van der Waals surface area contributed by atoms with Crippen LogP contribution in [0.1, 0.15) is 21.7 Å². The van der Waals surface area contributed by atoms with E-state index in [1.807, 2.05) is 0 Å². The lowest BCUT2D eigenvalue weighted by atomic mass is 10.1. The molecule has 7 heteroatoms. The summed E-state index contributed by atoms with van der Waals surface area (Å²) < 4.78 is 41.7. The van der Waals surface area contributed by atoms with Crippen LogP contribution in [0.5, 0.6) is 0 Å². The second-order valence-electron chi connectivity index (χ2n) is 2.84. The van der Waals surface area contributed by atoms with Crippen molar-refractivity contribution in [1.29, 1.82) is 0 Å². The summed E-state index contributed by atoms with van der Waals surface area (Å²) in [6, 6.07) is 0. The van der Waals surface area contributed by atoms with Crippen LogP contribution in [0.3, 0.4) is 0 Å². The molecule has 0 amide bonds. The maximum Gasteiger partial charge on any atom is 0.435 e. The summed E-state index contributed by atoms with van der Waals surface area (Å²) in [7, 11) is 0. The molecule has 0 aliphatic carbocycles. The van der Waals surface area contributed by atoms with Crippen LogP contribution in [0.15, 0.2) is 0 Å². The molecular weight excluding hydrogens is 201 g/mol. The smallest absolute Gasteiger partial charge is 0.367 e. The Balaban J connectivity index is 2.54. The Morgan fingerprint density at radius 2 is 2.07 bits per heavy atom. The third-order valence-electron chi connectivity index (χ3n) is 1.87. The van der Waals surface area contributed by atoms with Crippen LogP contribution in [0.2, 0.25) is 0 Å². The van der Waals surface area contributed by atoms with E-state index in [4.69, 9.17) is 4.74 Å². The summed E-state index contributed by atoms with van der Waals surface area (Å²) in [4.78, 5) is 11.1. The number of nitrogens with one attached hydrogen (secondary N) is 1.